The highest BCUT2D eigenvalue weighted by molar-refractivity contribution is 9.10. The Morgan fingerprint density at radius 1 is 1.50 bits per heavy atom. The quantitative estimate of drug-likeness (QED) is 0.856. The Morgan fingerprint density at radius 2 is 2.33 bits per heavy atom. The Kier molecular flexibility index (Phi) is 3.88. The van der Waals surface area contributed by atoms with E-state index in [1.807, 2.05) is 25.1 Å². The average molecular weight is 307 g/mol. The number of carbonyl (C=O) groups is 1. The van der Waals surface area contributed by atoms with Crippen LogP contribution in [-0.2, 0) is 4.79 Å². The molecular weight excluding hydrogens is 296 g/mol. The van der Waals surface area contributed by atoms with Crippen LogP contribution in [0.25, 0.3) is 6.08 Å². The maximum Gasteiger partial charge on any atom is 0.250 e. The molecule has 18 heavy (non-hydrogen) atoms. The number of H-pyrrole nitrogens is 1. The Hall–Kier alpha value is -1.95. The van der Waals surface area contributed by atoms with Crippen molar-refractivity contribution >= 4 is 33.9 Å². The molecule has 1 heterocycles. The summed E-state index contributed by atoms with van der Waals surface area (Å²) in [5.74, 6) is 0.0619. The molecule has 1 aromatic carbocycles. The van der Waals surface area contributed by atoms with Crippen LogP contribution in [0.4, 0.5) is 5.95 Å². The molecule has 0 bridgehead atoms. The molecule has 0 saturated carbocycles. The monoisotopic (exact) mass is 306 g/mol. The number of amides is 1. The van der Waals surface area contributed by atoms with Gasteiger partial charge in [0.2, 0.25) is 5.95 Å². The lowest BCUT2D eigenvalue weighted by molar-refractivity contribution is -0.111. The maximum atomic E-state index is 11.6. The predicted octanol–water partition coefficient (Wildman–Crippen LogP) is 2.53. The SMILES string of the molecule is Cc1ccc(C=CC(=O)Nc2ncn[nH]2)c(Br)c1. The Balaban J connectivity index is 2.04. The zero-order chi connectivity index (χ0) is 13.0. The van der Waals surface area contributed by atoms with Crippen molar-refractivity contribution in [2.24, 2.45) is 0 Å². The molecule has 0 aliphatic rings. The van der Waals surface area contributed by atoms with Crippen molar-refractivity contribution in [2.45, 2.75) is 6.92 Å². The summed E-state index contributed by atoms with van der Waals surface area (Å²) in [6, 6.07) is 5.92. The van der Waals surface area contributed by atoms with E-state index in [1.54, 1.807) is 6.08 Å². The Labute approximate surface area is 112 Å². The number of benzene rings is 1. The standard InChI is InChI=1S/C12H11BrN4O/c1-8-2-3-9(10(13)6-8)4-5-11(18)16-12-14-7-15-17-12/h2-7H,1H3,(H2,14,15,16,17,18). The van der Waals surface area contributed by atoms with Crippen LogP contribution in [0.15, 0.2) is 35.1 Å². The van der Waals surface area contributed by atoms with E-state index in [9.17, 15) is 4.79 Å². The third kappa shape index (κ3) is 3.27. The summed E-state index contributed by atoms with van der Waals surface area (Å²) in [4.78, 5) is 15.4. The first-order chi connectivity index (χ1) is 8.65. The highest BCUT2D eigenvalue weighted by atomic mass is 79.9. The number of hydrogen-bond acceptors (Lipinski definition) is 3. The van der Waals surface area contributed by atoms with Gasteiger partial charge in [-0.05, 0) is 30.2 Å². The first kappa shape index (κ1) is 12.5. The zero-order valence-corrected chi connectivity index (χ0v) is 11.2. The first-order valence-electron chi connectivity index (χ1n) is 5.26. The van der Waals surface area contributed by atoms with Gasteiger partial charge in [-0.25, -0.2) is 5.10 Å². The largest absolute Gasteiger partial charge is 0.291 e. The van der Waals surface area contributed by atoms with Gasteiger partial charge in [0.05, 0.1) is 0 Å². The van der Waals surface area contributed by atoms with Crippen molar-refractivity contribution in [1.29, 1.82) is 0 Å². The van der Waals surface area contributed by atoms with Gasteiger partial charge >= 0.3 is 0 Å². The minimum Gasteiger partial charge on any atom is -0.291 e. The van der Waals surface area contributed by atoms with Gasteiger partial charge in [-0.1, -0.05) is 28.1 Å². The second kappa shape index (κ2) is 5.59. The minimum absolute atomic E-state index is 0.265. The second-order valence-electron chi connectivity index (χ2n) is 3.68. The van der Waals surface area contributed by atoms with Gasteiger partial charge in [0, 0.05) is 10.5 Å². The van der Waals surface area contributed by atoms with Crippen LogP contribution in [-0.4, -0.2) is 21.1 Å². The van der Waals surface area contributed by atoms with Crippen LogP contribution in [0.2, 0.25) is 0 Å². The minimum atomic E-state index is -0.265. The van der Waals surface area contributed by atoms with Crippen molar-refractivity contribution in [1.82, 2.24) is 15.2 Å². The molecule has 2 N–H and O–H groups in total. The van der Waals surface area contributed by atoms with E-state index in [4.69, 9.17) is 0 Å². The number of anilines is 1. The highest BCUT2D eigenvalue weighted by Gasteiger charge is 2.00. The van der Waals surface area contributed by atoms with Gasteiger partial charge in [0.25, 0.3) is 5.91 Å². The number of aromatic amines is 1. The van der Waals surface area contributed by atoms with E-state index in [0.717, 1.165) is 15.6 Å². The molecule has 92 valence electrons. The summed E-state index contributed by atoms with van der Waals surface area (Å²) >= 11 is 3.45. The van der Waals surface area contributed by atoms with Gasteiger partial charge in [-0.3, -0.25) is 10.1 Å². The van der Waals surface area contributed by atoms with Crippen LogP contribution in [0, 0.1) is 6.92 Å². The Bertz CT molecular complexity index is 578. The zero-order valence-electron chi connectivity index (χ0n) is 9.64. The van der Waals surface area contributed by atoms with Gasteiger partial charge in [0.15, 0.2) is 0 Å². The molecule has 1 amide bonds. The molecule has 0 fully saturated rings. The summed E-state index contributed by atoms with van der Waals surface area (Å²) < 4.78 is 0.950. The fourth-order valence-electron chi connectivity index (χ4n) is 1.36. The molecule has 0 aliphatic heterocycles. The second-order valence-corrected chi connectivity index (χ2v) is 4.54. The van der Waals surface area contributed by atoms with Crippen molar-refractivity contribution in [2.75, 3.05) is 5.32 Å². The van der Waals surface area contributed by atoms with E-state index in [1.165, 1.54) is 12.4 Å². The van der Waals surface area contributed by atoms with Gasteiger partial charge in [-0.2, -0.15) is 10.1 Å². The average Bonchev–Trinajstić information content (AvgIpc) is 2.80. The van der Waals surface area contributed by atoms with E-state index in [2.05, 4.69) is 36.4 Å². The van der Waals surface area contributed by atoms with E-state index >= 15 is 0 Å². The Morgan fingerprint density at radius 3 is 3.00 bits per heavy atom. The first-order valence-corrected chi connectivity index (χ1v) is 6.05. The van der Waals surface area contributed by atoms with Crippen LogP contribution >= 0.6 is 15.9 Å². The predicted molar refractivity (Wildman–Crippen MR) is 72.9 cm³/mol. The van der Waals surface area contributed by atoms with E-state index in [-0.39, 0.29) is 5.91 Å². The number of aryl methyl sites for hydroxylation is 1. The van der Waals surface area contributed by atoms with Crippen molar-refractivity contribution < 1.29 is 4.79 Å². The number of rotatable bonds is 3. The van der Waals surface area contributed by atoms with Gasteiger partial charge in [0.1, 0.15) is 6.33 Å². The molecule has 0 spiro atoms. The molecule has 6 heteroatoms. The van der Waals surface area contributed by atoms with E-state index < -0.39 is 0 Å². The number of carbonyl (C=O) groups excluding carboxylic acids is 1. The van der Waals surface area contributed by atoms with Crippen LogP contribution in [0.3, 0.4) is 0 Å². The van der Waals surface area contributed by atoms with Gasteiger partial charge < -0.3 is 0 Å². The number of halogens is 1. The van der Waals surface area contributed by atoms with E-state index in [0.29, 0.717) is 5.95 Å². The molecule has 0 atom stereocenters. The summed E-state index contributed by atoms with van der Waals surface area (Å²) in [5.41, 5.74) is 2.10. The number of aromatic nitrogens is 3. The summed E-state index contributed by atoms with van der Waals surface area (Å²) in [7, 11) is 0. The molecule has 0 unspecified atom stereocenters. The molecule has 2 aromatic rings. The lowest BCUT2D eigenvalue weighted by atomic mass is 10.1. The van der Waals surface area contributed by atoms with Crippen molar-refractivity contribution in [3.05, 3.63) is 46.2 Å². The lowest BCUT2D eigenvalue weighted by Crippen LogP contribution is -2.08. The van der Waals surface area contributed by atoms with Crippen LogP contribution in [0.5, 0.6) is 0 Å². The molecule has 2 rings (SSSR count). The maximum absolute atomic E-state index is 11.6. The molecule has 5 nitrogen and oxygen atoms in total. The molecule has 0 radical (unpaired) electrons. The molecular formula is C12H11BrN4O. The van der Waals surface area contributed by atoms with Gasteiger partial charge in [-0.15, -0.1) is 0 Å². The highest BCUT2D eigenvalue weighted by Crippen LogP contribution is 2.19. The topological polar surface area (TPSA) is 70.7 Å². The fraction of sp³-hybridized carbons (Fsp3) is 0.0833. The smallest absolute Gasteiger partial charge is 0.250 e. The molecule has 0 saturated heterocycles. The summed E-state index contributed by atoms with van der Waals surface area (Å²) in [6.07, 6.45) is 4.50. The third-order valence-electron chi connectivity index (χ3n) is 2.23. The number of hydrogen-bond donors (Lipinski definition) is 2. The summed E-state index contributed by atoms with van der Waals surface area (Å²) in [6.45, 7) is 2.01. The van der Waals surface area contributed by atoms with Crippen molar-refractivity contribution in [3.63, 3.8) is 0 Å². The molecule has 0 aliphatic carbocycles. The number of nitrogens with zero attached hydrogens (tertiary/aromatic N) is 2. The summed E-state index contributed by atoms with van der Waals surface area (Å²) in [5, 5.41) is 8.74. The lowest BCUT2D eigenvalue weighted by Gasteiger charge is -2.00. The number of nitrogens with one attached hydrogen (secondary N) is 2. The fourth-order valence-corrected chi connectivity index (χ4v) is 1.98. The molecule has 1 aromatic heterocycles. The van der Waals surface area contributed by atoms with Crippen molar-refractivity contribution in [3.8, 4) is 0 Å². The third-order valence-corrected chi connectivity index (χ3v) is 2.91. The van der Waals surface area contributed by atoms with Crippen LogP contribution in [0.1, 0.15) is 11.1 Å². The normalized spacial score (nSPS) is 10.8. The van der Waals surface area contributed by atoms with Crippen LogP contribution < -0.4 is 5.32 Å².